The van der Waals surface area contributed by atoms with Gasteiger partial charge in [-0.15, -0.1) is 0 Å². The van der Waals surface area contributed by atoms with Crippen molar-refractivity contribution in [2.75, 3.05) is 0 Å². The Labute approximate surface area is 80.1 Å². The van der Waals surface area contributed by atoms with Gasteiger partial charge >= 0.3 is 53.3 Å². The van der Waals surface area contributed by atoms with Crippen LogP contribution in [0.4, 0.5) is 0 Å². The van der Waals surface area contributed by atoms with Crippen LogP contribution in [-0.2, 0) is 4.57 Å². The van der Waals surface area contributed by atoms with Crippen LogP contribution in [0.25, 0.3) is 0 Å². The van der Waals surface area contributed by atoms with E-state index in [0.29, 0.717) is 0 Å². The van der Waals surface area contributed by atoms with Gasteiger partial charge in [0.15, 0.2) is 0 Å². The summed E-state index contributed by atoms with van der Waals surface area (Å²) in [6, 6.07) is 0. The van der Waals surface area contributed by atoms with Gasteiger partial charge in [0.25, 0.3) is 0 Å². The number of rotatable bonds is 0. The van der Waals surface area contributed by atoms with Crippen molar-refractivity contribution in [2.24, 2.45) is 0 Å². The van der Waals surface area contributed by atoms with Crippen LogP contribution in [0.5, 0.6) is 0 Å². The Morgan fingerprint density at radius 2 is 1.29 bits per heavy atom. The summed E-state index contributed by atoms with van der Waals surface area (Å²) in [5, 5.41) is 0. The third-order valence-corrected chi connectivity index (χ3v) is 0. The Kier molecular flexibility index (Phi) is 12.8. The average molecular weight is 206 g/mol. The molecule has 0 spiro atoms. The summed E-state index contributed by atoms with van der Waals surface area (Å²) in [5.74, 6) is 0. The van der Waals surface area contributed by atoms with Crippen LogP contribution >= 0.6 is 7.82 Å². The van der Waals surface area contributed by atoms with E-state index >= 15 is 0 Å². The average Bonchev–Trinajstić information content (AvgIpc) is 0.722. The monoisotopic (exact) mass is 206 g/mol. The SMILES string of the molecule is O.O=P(O)(O)O.[H-].[H-].[Sr+2]. The van der Waals surface area contributed by atoms with E-state index in [1.807, 2.05) is 0 Å². The third kappa shape index (κ3) is 96.8. The summed E-state index contributed by atoms with van der Waals surface area (Å²) in [6.07, 6.45) is 0. The van der Waals surface area contributed by atoms with Gasteiger partial charge in [-0.3, -0.25) is 0 Å². The Bertz CT molecular complexity index is 61.1. The number of hydrogen-bond acceptors (Lipinski definition) is 1. The van der Waals surface area contributed by atoms with E-state index in [0.717, 1.165) is 0 Å². The quantitative estimate of drug-likeness (QED) is 0.317. The minimum absolute atomic E-state index is 0. The molecule has 0 aliphatic carbocycles. The molecule has 0 amide bonds. The summed E-state index contributed by atoms with van der Waals surface area (Å²) in [4.78, 5) is 21.6. The zero-order valence-corrected chi connectivity index (χ0v) is 7.77. The molecule has 44 valence electrons. The predicted octanol–water partition coefficient (Wildman–Crippen LogP) is -1.91. The van der Waals surface area contributed by atoms with E-state index in [1.165, 1.54) is 0 Å². The molecule has 0 fully saturated rings. The first kappa shape index (κ1) is 15.8. The molecular formula is H7O5PSr. The Morgan fingerprint density at radius 1 is 1.29 bits per heavy atom. The van der Waals surface area contributed by atoms with E-state index in [1.54, 1.807) is 0 Å². The molecule has 7 heteroatoms. The maximum Gasteiger partial charge on any atom is 2.00 e. The second-order valence-electron chi connectivity index (χ2n) is 0.513. The van der Waals surface area contributed by atoms with E-state index in [4.69, 9.17) is 19.2 Å². The first-order valence-electron chi connectivity index (χ1n) is 0.783. The molecule has 0 rings (SSSR count). The van der Waals surface area contributed by atoms with E-state index in [2.05, 4.69) is 0 Å². The van der Waals surface area contributed by atoms with Gasteiger partial charge in [0.05, 0.1) is 0 Å². The minimum Gasteiger partial charge on any atom is -1.00 e. The second-order valence-corrected chi connectivity index (χ2v) is 1.54. The van der Waals surface area contributed by atoms with Gasteiger partial charge in [-0.1, -0.05) is 0 Å². The van der Waals surface area contributed by atoms with Crippen molar-refractivity contribution >= 4 is 53.3 Å². The molecule has 0 bridgehead atoms. The van der Waals surface area contributed by atoms with Gasteiger partial charge in [-0.05, 0) is 0 Å². The Hall–Kier alpha value is 1.55. The summed E-state index contributed by atoms with van der Waals surface area (Å²) >= 11 is 0. The smallest absolute Gasteiger partial charge is 1.00 e. The van der Waals surface area contributed by atoms with E-state index in [9.17, 15) is 0 Å². The topological polar surface area (TPSA) is 109 Å². The molecule has 0 aromatic heterocycles. The maximum absolute atomic E-state index is 8.88. The maximum atomic E-state index is 8.88. The zero-order valence-electron chi connectivity index (χ0n) is 5.40. The summed E-state index contributed by atoms with van der Waals surface area (Å²) in [7, 11) is -4.64. The molecule has 0 heterocycles. The van der Waals surface area contributed by atoms with Gasteiger partial charge in [0, 0.05) is 0 Å². The van der Waals surface area contributed by atoms with Crippen LogP contribution in [0.15, 0.2) is 0 Å². The molecule has 0 radical (unpaired) electrons. The fourth-order valence-electron chi connectivity index (χ4n) is 0. The van der Waals surface area contributed by atoms with Crippen molar-refractivity contribution in [3.05, 3.63) is 0 Å². The van der Waals surface area contributed by atoms with Crippen molar-refractivity contribution in [2.45, 2.75) is 0 Å². The molecule has 5 N–H and O–H groups in total. The molecule has 0 saturated carbocycles. The minimum atomic E-state index is -4.64. The van der Waals surface area contributed by atoms with E-state index in [-0.39, 0.29) is 53.8 Å². The van der Waals surface area contributed by atoms with Crippen LogP contribution in [0.2, 0.25) is 0 Å². The van der Waals surface area contributed by atoms with Gasteiger partial charge < -0.3 is 23.0 Å². The Morgan fingerprint density at radius 3 is 1.29 bits per heavy atom. The normalized spacial score (nSPS) is 8.43. The van der Waals surface area contributed by atoms with Crippen LogP contribution in [0.3, 0.4) is 0 Å². The molecule has 7 heavy (non-hydrogen) atoms. The first-order chi connectivity index (χ1) is 2.00. The number of phosphoric acid groups is 1. The van der Waals surface area contributed by atoms with Crippen molar-refractivity contribution in [3.8, 4) is 0 Å². The van der Waals surface area contributed by atoms with E-state index < -0.39 is 7.82 Å². The fraction of sp³-hybridized carbons (Fsp3) is 0. The van der Waals surface area contributed by atoms with Crippen molar-refractivity contribution in [1.29, 1.82) is 0 Å². The van der Waals surface area contributed by atoms with Crippen molar-refractivity contribution in [1.82, 2.24) is 0 Å². The van der Waals surface area contributed by atoms with Gasteiger partial charge in [-0.2, -0.15) is 0 Å². The molecular weight excluding hydrogens is 199 g/mol. The van der Waals surface area contributed by atoms with Crippen molar-refractivity contribution < 1.29 is 27.6 Å². The molecule has 0 aliphatic heterocycles. The molecule has 5 nitrogen and oxygen atoms in total. The van der Waals surface area contributed by atoms with Crippen LogP contribution < -0.4 is 0 Å². The predicted molar refractivity (Wildman–Crippen MR) is 25.9 cm³/mol. The molecule has 0 aromatic rings. The number of hydrogen-bond donors (Lipinski definition) is 3. The molecule has 0 unspecified atom stereocenters. The standard InChI is InChI=1S/H3O4P.H2O.Sr.2H/c1-5(2,3)4;;;;/h(H3,1,2,3,4);1H2;;;/q;;+2;2*-1. The largest absolute Gasteiger partial charge is 2.00 e. The van der Waals surface area contributed by atoms with Crippen LogP contribution in [0, 0.1) is 0 Å². The third-order valence-electron chi connectivity index (χ3n) is 0. The fourth-order valence-corrected chi connectivity index (χ4v) is 0. The molecule has 0 aromatic carbocycles. The Balaban J connectivity index is -0.0000000133. The van der Waals surface area contributed by atoms with Gasteiger partial charge in [0.1, 0.15) is 0 Å². The van der Waals surface area contributed by atoms with Gasteiger partial charge in [0.2, 0.25) is 0 Å². The summed E-state index contributed by atoms with van der Waals surface area (Å²) in [5.41, 5.74) is 0. The summed E-state index contributed by atoms with van der Waals surface area (Å²) in [6.45, 7) is 0. The zero-order chi connectivity index (χ0) is 4.50. The van der Waals surface area contributed by atoms with Gasteiger partial charge in [-0.25, -0.2) is 4.57 Å². The first-order valence-corrected chi connectivity index (χ1v) is 2.35. The molecule has 0 aliphatic rings. The summed E-state index contributed by atoms with van der Waals surface area (Å²) < 4.78 is 8.88. The van der Waals surface area contributed by atoms with Crippen LogP contribution in [-0.4, -0.2) is 65.6 Å². The van der Waals surface area contributed by atoms with Crippen molar-refractivity contribution in [3.63, 3.8) is 0 Å². The molecule has 0 saturated heterocycles. The molecule has 0 atom stereocenters. The van der Waals surface area contributed by atoms with Crippen LogP contribution in [0.1, 0.15) is 2.85 Å². The second kappa shape index (κ2) is 5.68.